The molecule has 1 aliphatic heterocycles. The molecule has 0 aromatic rings. The van der Waals surface area contributed by atoms with Gasteiger partial charge in [0, 0.05) is 0 Å². The van der Waals surface area contributed by atoms with Crippen LogP contribution in [0, 0.1) is 0 Å². The Bertz CT molecular complexity index is 184. The van der Waals surface area contributed by atoms with E-state index >= 15 is 0 Å². The summed E-state index contributed by atoms with van der Waals surface area (Å²) in [7, 11) is 0. The van der Waals surface area contributed by atoms with Crippen molar-refractivity contribution in [2.24, 2.45) is 0 Å². The van der Waals surface area contributed by atoms with Gasteiger partial charge in [0.2, 0.25) is 12.1 Å². The summed E-state index contributed by atoms with van der Waals surface area (Å²) in [4.78, 5) is 0. The van der Waals surface area contributed by atoms with Crippen LogP contribution in [0.4, 0.5) is 0 Å². The van der Waals surface area contributed by atoms with E-state index in [0.717, 1.165) is 0 Å². The van der Waals surface area contributed by atoms with E-state index in [-0.39, 0.29) is 0 Å². The van der Waals surface area contributed by atoms with Crippen LogP contribution in [-0.2, 0) is 4.74 Å². The zero-order valence-electron chi connectivity index (χ0n) is 6.61. The standard InChI is InChI=1S/C6H12O7/c7-1-2-3(8)4(9)6(12,13-2)5(10)11/h2-5,7-12H,1H2/t2-,3+,4-,6+/m1/s1. The van der Waals surface area contributed by atoms with Crippen LogP contribution >= 0.6 is 0 Å². The second kappa shape index (κ2) is 3.46. The van der Waals surface area contributed by atoms with E-state index in [1.54, 1.807) is 0 Å². The first-order valence-corrected chi connectivity index (χ1v) is 3.66. The van der Waals surface area contributed by atoms with Gasteiger partial charge in [-0.05, 0) is 0 Å². The van der Waals surface area contributed by atoms with Crippen molar-refractivity contribution >= 4 is 0 Å². The quantitative estimate of drug-likeness (QED) is 0.249. The van der Waals surface area contributed by atoms with Crippen molar-refractivity contribution in [3.05, 3.63) is 0 Å². The van der Waals surface area contributed by atoms with Crippen LogP contribution in [-0.4, -0.2) is 67.6 Å². The van der Waals surface area contributed by atoms with Gasteiger partial charge in [-0.25, -0.2) is 0 Å². The van der Waals surface area contributed by atoms with Crippen LogP contribution in [0.3, 0.4) is 0 Å². The summed E-state index contributed by atoms with van der Waals surface area (Å²) in [5.41, 5.74) is 0. The van der Waals surface area contributed by atoms with Crippen molar-refractivity contribution in [2.75, 3.05) is 6.61 Å². The van der Waals surface area contributed by atoms with Gasteiger partial charge in [0.1, 0.15) is 18.3 Å². The van der Waals surface area contributed by atoms with E-state index in [1.807, 2.05) is 0 Å². The minimum absolute atomic E-state index is 0.646. The fourth-order valence-corrected chi connectivity index (χ4v) is 1.19. The van der Waals surface area contributed by atoms with Gasteiger partial charge in [-0.1, -0.05) is 0 Å². The van der Waals surface area contributed by atoms with E-state index in [4.69, 9.17) is 25.5 Å². The Morgan fingerprint density at radius 2 is 1.85 bits per heavy atom. The van der Waals surface area contributed by atoms with Crippen LogP contribution in [0.25, 0.3) is 0 Å². The lowest BCUT2D eigenvalue weighted by Gasteiger charge is -2.27. The zero-order valence-corrected chi connectivity index (χ0v) is 6.61. The fourth-order valence-electron chi connectivity index (χ4n) is 1.19. The monoisotopic (exact) mass is 196 g/mol. The third-order valence-corrected chi connectivity index (χ3v) is 2.02. The average Bonchev–Trinajstić information content (AvgIpc) is 2.31. The molecule has 0 aromatic heterocycles. The second-order valence-corrected chi connectivity index (χ2v) is 2.90. The lowest BCUT2D eigenvalue weighted by molar-refractivity contribution is -0.327. The van der Waals surface area contributed by atoms with Crippen LogP contribution < -0.4 is 0 Å². The third-order valence-electron chi connectivity index (χ3n) is 2.02. The molecule has 7 heteroatoms. The maximum atomic E-state index is 9.27. The molecule has 6 N–H and O–H groups in total. The molecule has 1 heterocycles. The number of ether oxygens (including phenoxy) is 1. The summed E-state index contributed by atoms with van der Waals surface area (Å²) < 4.78 is 4.49. The molecule has 1 saturated heterocycles. The molecule has 0 aromatic carbocycles. The zero-order chi connectivity index (χ0) is 10.2. The van der Waals surface area contributed by atoms with Gasteiger partial charge in [0.15, 0.2) is 0 Å². The third kappa shape index (κ3) is 1.55. The van der Waals surface area contributed by atoms with Gasteiger partial charge >= 0.3 is 0 Å². The molecule has 0 unspecified atom stereocenters. The van der Waals surface area contributed by atoms with E-state index in [1.165, 1.54) is 0 Å². The molecule has 0 amide bonds. The summed E-state index contributed by atoms with van der Waals surface area (Å²) in [6.45, 7) is -0.646. The van der Waals surface area contributed by atoms with Crippen molar-refractivity contribution in [2.45, 2.75) is 30.4 Å². The Kier molecular flexibility index (Phi) is 2.88. The van der Waals surface area contributed by atoms with E-state index < -0.39 is 37.0 Å². The Morgan fingerprint density at radius 1 is 1.31 bits per heavy atom. The Hall–Kier alpha value is -0.280. The highest BCUT2D eigenvalue weighted by atomic mass is 16.7. The molecule has 1 rings (SSSR count). The van der Waals surface area contributed by atoms with Crippen molar-refractivity contribution in [1.29, 1.82) is 0 Å². The van der Waals surface area contributed by atoms with E-state index in [2.05, 4.69) is 4.74 Å². The highest BCUT2D eigenvalue weighted by Gasteiger charge is 2.57. The number of aliphatic hydroxyl groups is 6. The van der Waals surface area contributed by atoms with Crippen LogP contribution in [0.5, 0.6) is 0 Å². The van der Waals surface area contributed by atoms with Crippen LogP contribution in [0.1, 0.15) is 0 Å². The normalized spacial score (nSPS) is 45.9. The van der Waals surface area contributed by atoms with Gasteiger partial charge < -0.3 is 35.4 Å². The summed E-state index contributed by atoms with van der Waals surface area (Å²) in [6.07, 6.45) is -7.02. The first-order valence-electron chi connectivity index (χ1n) is 3.66. The van der Waals surface area contributed by atoms with Crippen LogP contribution in [0.15, 0.2) is 0 Å². The maximum absolute atomic E-state index is 9.27. The molecule has 0 spiro atoms. The number of hydrogen-bond acceptors (Lipinski definition) is 7. The molecular weight excluding hydrogens is 184 g/mol. The highest BCUT2D eigenvalue weighted by molar-refractivity contribution is 4.96. The highest BCUT2D eigenvalue weighted by Crippen LogP contribution is 2.30. The summed E-state index contributed by atoms with van der Waals surface area (Å²) >= 11 is 0. The first kappa shape index (κ1) is 10.8. The average molecular weight is 196 g/mol. The molecule has 1 aliphatic rings. The van der Waals surface area contributed by atoms with Crippen LogP contribution in [0.2, 0.25) is 0 Å². The second-order valence-electron chi connectivity index (χ2n) is 2.90. The molecule has 13 heavy (non-hydrogen) atoms. The first-order chi connectivity index (χ1) is 5.93. The number of hydrogen-bond donors (Lipinski definition) is 6. The summed E-state index contributed by atoms with van der Waals surface area (Å²) in [6, 6.07) is 0. The lowest BCUT2D eigenvalue weighted by atomic mass is 10.1. The summed E-state index contributed by atoms with van der Waals surface area (Å²) in [5, 5.41) is 53.4. The lowest BCUT2D eigenvalue weighted by Crippen LogP contribution is -2.52. The molecule has 1 fully saturated rings. The smallest absolute Gasteiger partial charge is 0.247 e. The fraction of sp³-hybridized carbons (Fsp3) is 1.00. The molecule has 78 valence electrons. The van der Waals surface area contributed by atoms with Crippen molar-refractivity contribution in [3.63, 3.8) is 0 Å². The van der Waals surface area contributed by atoms with Crippen molar-refractivity contribution in [1.82, 2.24) is 0 Å². The number of rotatable bonds is 2. The van der Waals surface area contributed by atoms with Crippen molar-refractivity contribution in [3.8, 4) is 0 Å². The largest absolute Gasteiger partial charge is 0.394 e. The minimum Gasteiger partial charge on any atom is -0.394 e. The molecule has 0 saturated carbocycles. The SMILES string of the molecule is OC[C@H]1O[C@](O)(C(O)O)[C@H](O)[C@H]1O. The van der Waals surface area contributed by atoms with Gasteiger partial charge in [-0.15, -0.1) is 0 Å². The van der Waals surface area contributed by atoms with E-state index in [0.29, 0.717) is 0 Å². The molecule has 7 nitrogen and oxygen atoms in total. The van der Waals surface area contributed by atoms with E-state index in [9.17, 15) is 5.11 Å². The maximum Gasteiger partial charge on any atom is 0.247 e. The minimum atomic E-state index is -2.65. The van der Waals surface area contributed by atoms with Crippen molar-refractivity contribution < 1.29 is 35.4 Å². The molecule has 0 aliphatic carbocycles. The predicted octanol–water partition coefficient (Wildman–Crippen LogP) is -3.90. The summed E-state index contributed by atoms with van der Waals surface area (Å²) in [5.74, 6) is -2.65. The van der Waals surface area contributed by atoms with Gasteiger partial charge in [-0.2, -0.15) is 0 Å². The molecular formula is C6H12O7. The Morgan fingerprint density at radius 3 is 2.08 bits per heavy atom. The van der Waals surface area contributed by atoms with Gasteiger partial charge in [0.25, 0.3) is 0 Å². The Labute approximate surface area is 73.4 Å². The molecule has 0 radical (unpaired) electrons. The number of aliphatic hydroxyl groups excluding tert-OH is 4. The molecule has 0 bridgehead atoms. The predicted molar refractivity (Wildman–Crippen MR) is 37.1 cm³/mol. The molecule has 4 atom stereocenters. The Balaban J connectivity index is 2.81. The van der Waals surface area contributed by atoms with Gasteiger partial charge in [0.05, 0.1) is 6.61 Å². The van der Waals surface area contributed by atoms with Gasteiger partial charge in [-0.3, -0.25) is 0 Å². The topological polar surface area (TPSA) is 131 Å².